The summed E-state index contributed by atoms with van der Waals surface area (Å²) in [4.78, 5) is 0. The van der Waals surface area contributed by atoms with Crippen molar-refractivity contribution in [3.63, 3.8) is 0 Å². The normalized spacial score (nSPS) is 35.9. The van der Waals surface area contributed by atoms with Gasteiger partial charge in [-0.1, -0.05) is 31.9 Å². The number of hydrogen-bond acceptors (Lipinski definition) is 1. The molecule has 1 fully saturated rings. The smallest absolute Gasteiger partial charge is 0.0643 e. The molecule has 2 aliphatic rings. The Kier molecular flexibility index (Phi) is 3.05. The van der Waals surface area contributed by atoms with Gasteiger partial charge in [0.05, 0.1) is 6.10 Å². The van der Waals surface area contributed by atoms with Gasteiger partial charge in [0.2, 0.25) is 0 Å². The Morgan fingerprint density at radius 3 is 2.77 bits per heavy atom. The Hall–Kier alpha value is -0.300. The van der Waals surface area contributed by atoms with E-state index in [1.165, 1.54) is 32.1 Å². The van der Waals surface area contributed by atoms with E-state index in [1.807, 2.05) is 0 Å². The SMILES string of the molecule is CCCCCOC1CC2C=CC1C2. The summed E-state index contributed by atoms with van der Waals surface area (Å²) in [7, 11) is 0. The molecular formula is C12H20O. The van der Waals surface area contributed by atoms with Crippen LogP contribution in [0, 0.1) is 11.8 Å². The van der Waals surface area contributed by atoms with E-state index in [-0.39, 0.29) is 0 Å². The second kappa shape index (κ2) is 4.28. The first-order valence-corrected chi connectivity index (χ1v) is 5.70. The average molecular weight is 180 g/mol. The summed E-state index contributed by atoms with van der Waals surface area (Å²) < 4.78 is 5.89. The summed E-state index contributed by atoms with van der Waals surface area (Å²) in [6.07, 6.45) is 11.8. The lowest BCUT2D eigenvalue weighted by atomic mass is 10.0. The first kappa shape index (κ1) is 9.26. The van der Waals surface area contributed by atoms with Crippen molar-refractivity contribution in [2.24, 2.45) is 11.8 Å². The van der Waals surface area contributed by atoms with E-state index in [9.17, 15) is 0 Å². The van der Waals surface area contributed by atoms with Crippen LogP contribution in [0.15, 0.2) is 12.2 Å². The van der Waals surface area contributed by atoms with Crippen LogP contribution in [0.5, 0.6) is 0 Å². The quantitative estimate of drug-likeness (QED) is 0.466. The zero-order chi connectivity index (χ0) is 9.10. The lowest BCUT2D eigenvalue weighted by molar-refractivity contribution is 0.0344. The minimum absolute atomic E-state index is 0.562. The second-order valence-corrected chi connectivity index (χ2v) is 4.40. The molecule has 3 unspecified atom stereocenters. The van der Waals surface area contributed by atoms with Crippen LogP contribution < -0.4 is 0 Å². The molecule has 2 aliphatic carbocycles. The van der Waals surface area contributed by atoms with Gasteiger partial charge >= 0.3 is 0 Å². The van der Waals surface area contributed by atoms with E-state index >= 15 is 0 Å². The third-order valence-electron chi connectivity index (χ3n) is 3.30. The summed E-state index contributed by atoms with van der Waals surface area (Å²) in [5, 5.41) is 0. The largest absolute Gasteiger partial charge is 0.378 e. The van der Waals surface area contributed by atoms with Gasteiger partial charge in [-0.15, -0.1) is 0 Å². The van der Waals surface area contributed by atoms with E-state index in [0.29, 0.717) is 6.10 Å². The van der Waals surface area contributed by atoms with Crippen molar-refractivity contribution in [1.29, 1.82) is 0 Å². The van der Waals surface area contributed by atoms with Gasteiger partial charge in [0.15, 0.2) is 0 Å². The molecule has 0 radical (unpaired) electrons. The Labute approximate surface area is 81.2 Å². The van der Waals surface area contributed by atoms with Crippen LogP contribution in [0.25, 0.3) is 0 Å². The zero-order valence-corrected chi connectivity index (χ0v) is 8.54. The van der Waals surface area contributed by atoms with Crippen molar-refractivity contribution in [1.82, 2.24) is 0 Å². The highest BCUT2D eigenvalue weighted by atomic mass is 16.5. The monoisotopic (exact) mass is 180 g/mol. The van der Waals surface area contributed by atoms with Crippen molar-refractivity contribution >= 4 is 0 Å². The highest BCUT2D eigenvalue weighted by Crippen LogP contribution is 2.40. The minimum Gasteiger partial charge on any atom is -0.378 e. The number of hydrogen-bond donors (Lipinski definition) is 0. The van der Waals surface area contributed by atoms with Crippen molar-refractivity contribution < 1.29 is 4.74 Å². The van der Waals surface area contributed by atoms with Crippen LogP contribution in [0.4, 0.5) is 0 Å². The molecule has 0 aromatic carbocycles. The molecule has 13 heavy (non-hydrogen) atoms. The van der Waals surface area contributed by atoms with Gasteiger partial charge in [-0.05, 0) is 25.2 Å². The molecule has 2 bridgehead atoms. The number of allylic oxidation sites excluding steroid dienone is 1. The standard InChI is InChI=1S/C12H20O/c1-2-3-4-7-13-12-9-10-5-6-11(12)8-10/h5-6,10-12H,2-4,7-9H2,1H3. The van der Waals surface area contributed by atoms with Crippen LogP contribution in [-0.4, -0.2) is 12.7 Å². The summed E-state index contributed by atoms with van der Waals surface area (Å²) in [6.45, 7) is 3.22. The topological polar surface area (TPSA) is 9.23 Å². The molecule has 0 aliphatic heterocycles. The van der Waals surface area contributed by atoms with Crippen molar-refractivity contribution in [2.45, 2.75) is 45.1 Å². The fourth-order valence-electron chi connectivity index (χ4n) is 2.51. The van der Waals surface area contributed by atoms with Gasteiger partial charge in [0.1, 0.15) is 0 Å². The fourth-order valence-corrected chi connectivity index (χ4v) is 2.51. The first-order valence-electron chi connectivity index (χ1n) is 5.70. The molecule has 1 heteroatoms. The van der Waals surface area contributed by atoms with Crippen LogP contribution >= 0.6 is 0 Å². The molecule has 0 heterocycles. The summed E-state index contributed by atoms with van der Waals surface area (Å²) in [5.74, 6) is 1.60. The first-order chi connectivity index (χ1) is 6.40. The number of ether oxygens (including phenoxy) is 1. The van der Waals surface area contributed by atoms with Crippen molar-refractivity contribution in [2.75, 3.05) is 6.61 Å². The third kappa shape index (κ3) is 2.14. The Morgan fingerprint density at radius 2 is 2.15 bits per heavy atom. The fraction of sp³-hybridized carbons (Fsp3) is 0.833. The summed E-state index contributed by atoms with van der Waals surface area (Å²) in [6, 6.07) is 0. The maximum absolute atomic E-state index is 5.89. The second-order valence-electron chi connectivity index (χ2n) is 4.40. The van der Waals surface area contributed by atoms with Crippen molar-refractivity contribution in [3.8, 4) is 0 Å². The molecule has 1 saturated carbocycles. The average Bonchev–Trinajstić information content (AvgIpc) is 2.73. The maximum Gasteiger partial charge on any atom is 0.0643 e. The van der Waals surface area contributed by atoms with Crippen LogP contribution in [0.3, 0.4) is 0 Å². The molecule has 0 N–H and O–H groups in total. The van der Waals surface area contributed by atoms with E-state index in [0.717, 1.165) is 18.4 Å². The summed E-state index contributed by atoms with van der Waals surface area (Å²) >= 11 is 0. The van der Waals surface area contributed by atoms with Gasteiger partial charge in [-0.3, -0.25) is 0 Å². The molecule has 1 nitrogen and oxygen atoms in total. The molecule has 0 amide bonds. The van der Waals surface area contributed by atoms with E-state index in [1.54, 1.807) is 0 Å². The Morgan fingerprint density at radius 1 is 1.23 bits per heavy atom. The predicted octanol–water partition coefficient (Wildman–Crippen LogP) is 3.16. The number of rotatable bonds is 5. The molecule has 0 aromatic rings. The number of unbranched alkanes of at least 4 members (excludes halogenated alkanes) is 2. The van der Waals surface area contributed by atoms with Crippen LogP contribution in [0.1, 0.15) is 39.0 Å². The summed E-state index contributed by atoms with van der Waals surface area (Å²) in [5.41, 5.74) is 0. The van der Waals surface area contributed by atoms with E-state index < -0.39 is 0 Å². The molecule has 0 spiro atoms. The lowest BCUT2D eigenvalue weighted by Crippen LogP contribution is -2.18. The number of fused-ring (bicyclic) bond motifs is 2. The molecule has 3 atom stereocenters. The van der Waals surface area contributed by atoms with Gasteiger partial charge in [-0.2, -0.15) is 0 Å². The molecule has 74 valence electrons. The van der Waals surface area contributed by atoms with Gasteiger partial charge in [-0.25, -0.2) is 0 Å². The van der Waals surface area contributed by atoms with E-state index in [2.05, 4.69) is 19.1 Å². The maximum atomic E-state index is 5.89. The van der Waals surface area contributed by atoms with Gasteiger partial charge in [0, 0.05) is 12.5 Å². The predicted molar refractivity (Wildman–Crippen MR) is 54.6 cm³/mol. The van der Waals surface area contributed by atoms with Gasteiger partial charge < -0.3 is 4.74 Å². The van der Waals surface area contributed by atoms with Crippen LogP contribution in [0.2, 0.25) is 0 Å². The third-order valence-corrected chi connectivity index (χ3v) is 3.30. The van der Waals surface area contributed by atoms with Crippen molar-refractivity contribution in [3.05, 3.63) is 12.2 Å². The Balaban J connectivity index is 1.64. The van der Waals surface area contributed by atoms with E-state index in [4.69, 9.17) is 4.74 Å². The zero-order valence-electron chi connectivity index (χ0n) is 8.54. The molecule has 0 saturated heterocycles. The highest BCUT2D eigenvalue weighted by molar-refractivity contribution is 5.10. The molecule has 2 rings (SSSR count). The molecule has 0 aromatic heterocycles. The molecular weight excluding hydrogens is 160 g/mol. The highest BCUT2D eigenvalue weighted by Gasteiger charge is 2.35. The van der Waals surface area contributed by atoms with Gasteiger partial charge in [0.25, 0.3) is 0 Å². The minimum atomic E-state index is 0.562. The lowest BCUT2D eigenvalue weighted by Gasteiger charge is -2.18. The Bertz CT molecular complexity index is 186. The van der Waals surface area contributed by atoms with Crippen LogP contribution in [-0.2, 0) is 4.74 Å².